The highest BCUT2D eigenvalue weighted by atomic mass is 19.2. The van der Waals surface area contributed by atoms with E-state index < -0.39 is 40.7 Å². The third kappa shape index (κ3) is 8.31. The molecule has 0 spiro atoms. The van der Waals surface area contributed by atoms with Gasteiger partial charge in [0.1, 0.15) is 0 Å². The molecule has 1 saturated carbocycles. The van der Waals surface area contributed by atoms with Crippen LogP contribution in [-0.4, -0.2) is 103 Å². The van der Waals surface area contributed by atoms with Gasteiger partial charge in [0.25, 0.3) is 5.91 Å². The summed E-state index contributed by atoms with van der Waals surface area (Å²) in [6.45, 7) is 5.04. The normalized spacial score (nSPS) is 18.9. The maximum atomic E-state index is 14.1. The van der Waals surface area contributed by atoms with Gasteiger partial charge < -0.3 is 15.3 Å². The van der Waals surface area contributed by atoms with Crippen molar-refractivity contribution >= 4 is 45.9 Å². The number of amides is 4. The Labute approximate surface area is 348 Å². The highest BCUT2D eigenvalue weighted by molar-refractivity contribution is 6.07. The summed E-state index contributed by atoms with van der Waals surface area (Å²) in [6, 6.07) is 10.4. The maximum absolute atomic E-state index is 14.1. The predicted molar refractivity (Wildman–Crippen MR) is 220 cm³/mol. The van der Waals surface area contributed by atoms with Crippen molar-refractivity contribution in [3.8, 4) is 16.9 Å². The van der Waals surface area contributed by atoms with Crippen molar-refractivity contribution in [3.63, 3.8) is 0 Å². The molecule has 2 aliphatic heterocycles. The van der Waals surface area contributed by atoms with Gasteiger partial charge in [-0.3, -0.25) is 29.4 Å². The molecule has 4 amide bonds. The third-order valence-electron chi connectivity index (χ3n) is 12.1. The van der Waals surface area contributed by atoms with E-state index in [-0.39, 0.29) is 30.8 Å². The highest BCUT2D eigenvalue weighted by Gasteiger charge is 2.28. The third-order valence-corrected chi connectivity index (χ3v) is 12.1. The van der Waals surface area contributed by atoms with Crippen LogP contribution in [0.4, 0.5) is 29.6 Å². The highest BCUT2D eigenvalue weighted by Crippen LogP contribution is 2.34. The number of anilines is 2. The van der Waals surface area contributed by atoms with E-state index >= 15 is 0 Å². The second kappa shape index (κ2) is 16.8. The lowest BCUT2D eigenvalue weighted by atomic mass is 9.86. The second-order valence-electron chi connectivity index (χ2n) is 16.0. The summed E-state index contributed by atoms with van der Waals surface area (Å²) in [6.07, 6.45) is 14.8. The minimum absolute atomic E-state index is 0.116. The number of rotatable bonds is 11. The summed E-state index contributed by atoms with van der Waals surface area (Å²) >= 11 is 0. The lowest BCUT2D eigenvalue weighted by Crippen LogP contribution is -2.49. The Bertz CT molecular complexity index is 2620. The van der Waals surface area contributed by atoms with Crippen molar-refractivity contribution in [3.05, 3.63) is 96.0 Å². The van der Waals surface area contributed by atoms with E-state index in [1.54, 1.807) is 15.6 Å². The Morgan fingerprint density at radius 3 is 2.44 bits per heavy atom. The quantitative estimate of drug-likeness (QED) is 0.139. The molecule has 2 aromatic carbocycles. The number of hydrogen-bond donors (Lipinski definition) is 3. The summed E-state index contributed by atoms with van der Waals surface area (Å²) in [5.41, 5.74) is 4.63. The van der Waals surface area contributed by atoms with Crippen LogP contribution in [0.25, 0.3) is 27.5 Å². The number of aromatic nitrogens is 6. The Morgan fingerprint density at radius 2 is 1.67 bits per heavy atom. The molecule has 1 aliphatic carbocycles. The average molecular weight is 836 g/mol. The fourth-order valence-electron chi connectivity index (χ4n) is 8.57. The smallest absolute Gasteiger partial charge is 0.328 e. The number of nitrogens with one attached hydrogen (secondary N) is 2. The SMILES string of the molecule is O=C1CCN(c2cnn3cc(CCCN4CCN(c5ncc(-c6ccc7cn(C8CCC(CNC(=O)c9cc(F)c(O)c(F)c9F)CC8)nc7c6)cn5)CC4)ccc23)C(=O)N1. The first kappa shape index (κ1) is 39.9. The number of nitrogens with zero attached hydrogens (tertiary/aromatic N) is 9. The van der Waals surface area contributed by atoms with Gasteiger partial charge in [-0.2, -0.15) is 14.6 Å². The van der Waals surface area contributed by atoms with Crippen molar-refractivity contribution in [1.82, 2.24) is 44.9 Å². The average Bonchev–Trinajstić information content (AvgIpc) is 3.91. The van der Waals surface area contributed by atoms with Crippen molar-refractivity contribution in [2.45, 2.75) is 51.0 Å². The largest absolute Gasteiger partial charge is 0.503 e. The first-order valence-electron chi connectivity index (χ1n) is 20.6. The summed E-state index contributed by atoms with van der Waals surface area (Å²) < 4.78 is 45.4. The number of halogens is 3. The van der Waals surface area contributed by atoms with Crippen LogP contribution in [0.2, 0.25) is 0 Å². The Balaban J connectivity index is 0.727. The van der Waals surface area contributed by atoms with Gasteiger partial charge in [-0.25, -0.2) is 28.1 Å². The van der Waals surface area contributed by atoms with Gasteiger partial charge in [0.2, 0.25) is 17.7 Å². The summed E-state index contributed by atoms with van der Waals surface area (Å²) in [7, 11) is 0. The van der Waals surface area contributed by atoms with Crippen LogP contribution in [0.1, 0.15) is 60.5 Å². The van der Waals surface area contributed by atoms with Crippen LogP contribution in [0.3, 0.4) is 0 Å². The van der Waals surface area contributed by atoms with Crippen LogP contribution in [0.15, 0.2) is 67.4 Å². The number of aromatic hydroxyl groups is 1. The summed E-state index contributed by atoms with van der Waals surface area (Å²) in [4.78, 5) is 52.0. The first-order chi connectivity index (χ1) is 29.6. The zero-order valence-electron chi connectivity index (χ0n) is 33.2. The number of hydrogen-bond acceptors (Lipinski definition) is 10. The summed E-state index contributed by atoms with van der Waals surface area (Å²) in [5.74, 6) is -6.58. The predicted octanol–water partition coefficient (Wildman–Crippen LogP) is 5.63. The molecule has 0 radical (unpaired) electrons. The number of imide groups is 1. The summed E-state index contributed by atoms with van der Waals surface area (Å²) in [5, 5.41) is 24.6. The van der Waals surface area contributed by atoms with E-state index in [0.717, 1.165) is 104 Å². The zero-order chi connectivity index (χ0) is 42.2. The number of aryl methyl sites for hydroxylation is 1. The van der Waals surface area contributed by atoms with Gasteiger partial charge in [-0.15, -0.1) is 0 Å². The molecular weight excluding hydrogens is 792 g/mol. The second-order valence-corrected chi connectivity index (χ2v) is 16.0. The number of piperazine rings is 1. The van der Waals surface area contributed by atoms with E-state index in [4.69, 9.17) is 15.1 Å². The van der Waals surface area contributed by atoms with E-state index in [0.29, 0.717) is 24.2 Å². The fraction of sp³-hybridized carbons (Fsp3) is 0.372. The first-order valence-corrected chi connectivity index (χ1v) is 20.6. The van der Waals surface area contributed by atoms with E-state index in [1.807, 2.05) is 53.7 Å². The topological polar surface area (TPSA) is 166 Å². The lowest BCUT2D eigenvalue weighted by molar-refractivity contribution is -0.120. The molecule has 0 atom stereocenters. The molecular formula is C43H44F3N11O4. The van der Waals surface area contributed by atoms with Crippen LogP contribution >= 0.6 is 0 Å². The molecule has 4 aromatic heterocycles. The van der Waals surface area contributed by atoms with E-state index in [2.05, 4.69) is 31.6 Å². The van der Waals surface area contributed by atoms with E-state index in [9.17, 15) is 32.7 Å². The Kier molecular flexibility index (Phi) is 11.0. The fourth-order valence-corrected chi connectivity index (χ4v) is 8.57. The van der Waals surface area contributed by atoms with Gasteiger partial charge in [0.05, 0.1) is 34.5 Å². The molecule has 61 heavy (non-hydrogen) atoms. The van der Waals surface area contributed by atoms with Crippen molar-refractivity contribution in [1.29, 1.82) is 0 Å². The number of pyridine rings is 1. The minimum atomic E-state index is -1.78. The van der Waals surface area contributed by atoms with E-state index in [1.165, 1.54) is 0 Å². The van der Waals surface area contributed by atoms with Gasteiger partial charge in [0, 0.05) is 81.4 Å². The van der Waals surface area contributed by atoms with Gasteiger partial charge >= 0.3 is 6.03 Å². The Hall–Kier alpha value is -6.56. The van der Waals surface area contributed by atoms with Gasteiger partial charge in [-0.05, 0) is 80.3 Å². The van der Waals surface area contributed by atoms with Crippen molar-refractivity contribution < 1.29 is 32.7 Å². The molecule has 15 nitrogen and oxygen atoms in total. The monoisotopic (exact) mass is 835 g/mol. The maximum Gasteiger partial charge on any atom is 0.328 e. The molecule has 3 aliphatic rings. The number of benzene rings is 2. The number of phenolic OH excluding ortho intramolecular Hbond substituents is 1. The van der Waals surface area contributed by atoms with Gasteiger partial charge in [-0.1, -0.05) is 18.2 Å². The van der Waals surface area contributed by atoms with Crippen LogP contribution in [0.5, 0.6) is 5.75 Å². The van der Waals surface area contributed by atoms with Gasteiger partial charge in [0.15, 0.2) is 17.4 Å². The molecule has 0 bridgehead atoms. The molecule has 316 valence electrons. The zero-order valence-corrected chi connectivity index (χ0v) is 33.2. The minimum Gasteiger partial charge on any atom is -0.503 e. The number of phenols is 1. The molecule has 3 N–H and O–H groups in total. The van der Waals surface area contributed by atoms with Crippen molar-refractivity contribution in [2.24, 2.45) is 5.92 Å². The molecule has 9 rings (SSSR count). The number of carbonyl (C=O) groups excluding carboxylic acids is 3. The van der Waals surface area contributed by atoms with Crippen LogP contribution in [-0.2, 0) is 11.2 Å². The number of fused-ring (bicyclic) bond motifs is 2. The molecule has 6 heterocycles. The standard InChI is InChI=1S/C43H44F3N11O4/c44-33-19-32(38(45)39(46)40(33)59)41(60)47-20-26-3-8-31(9-4-26)56-25-29-7-6-28(18-34(29)52-56)30-21-48-42(49-22-30)54-16-14-53(15-17-54)12-1-2-27-5-10-35-36(23-50-57(35)24-27)55-13-11-37(58)51-43(55)61/h5-7,10,18-19,21-26,31,59H,1-4,8-9,11-17,20H2,(H,47,60)(H,51,58,61). The molecule has 2 saturated heterocycles. The molecule has 0 unspecified atom stereocenters. The molecule has 6 aromatic rings. The van der Waals surface area contributed by atoms with Crippen molar-refractivity contribution in [2.75, 3.05) is 55.6 Å². The number of carbonyl (C=O) groups is 3. The molecule has 3 fully saturated rings. The van der Waals surface area contributed by atoms with Crippen LogP contribution in [0, 0.1) is 23.4 Å². The Morgan fingerprint density at radius 1 is 0.885 bits per heavy atom. The lowest BCUT2D eigenvalue weighted by Gasteiger charge is -2.34. The van der Waals surface area contributed by atoms with Crippen LogP contribution < -0.4 is 20.4 Å². The number of urea groups is 1. The molecule has 18 heteroatoms.